The summed E-state index contributed by atoms with van der Waals surface area (Å²) >= 11 is 0. The minimum atomic E-state index is -1.41. The van der Waals surface area contributed by atoms with E-state index in [2.05, 4.69) is 0 Å². The second-order valence-corrected chi connectivity index (χ2v) is 4.42. The summed E-state index contributed by atoms with van der Waals surface area (Å²) in [5, 5.41) is 9.29. The fourth-order valence-corrected chi connectivity index (χ4v) is 1.74. The zero-order chi connectivity index (χ0) is 14.7. The van der Waals surface area contributed by atoms with Crippen molar-refractivity contribution in [2.45, 2.75) is 52.9 Å². The molecule has 0 radical (unpaired) electrons. The Labute approximate surface area is 114 Å². The van der Waals surface area contributed by atoms with Crippen LogP contribution in [0.4, 0.5) is 0 Å². The number of hydrogen-bond acceptors (Lipinski definition) is 5. The van der Waals surface area contributed by atoms with Crippen LogP contribution < -0.4 is 0 Å². The van der Waals surface area contributed by atoms with Crippen LogP contribution in [0.1, 0.15) is 52.9 Å². The molecule has 0 saturated heterocycles. The minimum Gasteiger partial charge on any atom is -0.466 e. The number of nitriles is 1. The van der Waals surface area contributed by atoms with Crippen molar-refractivity contribution < 1.29 is 19.1 Å². The number of nitrogens with zero attached hydrogens (tertiary/aromatic N) is 1. The molecule has 19 heavy (non-hydrogen) atoms. The Kier molecular flexibility index (Phi) is 8.60. The summed E-state index contributed by atoms with van der Waals surface area (Å²) in [5.74, 6) is -1.15. The van der Waals surface area contributed by atoms with Crippen LogP contribution in [0.2, 0.25) is 0 Å². The molecule has 1 unspecified atom stereocenters. The van der Waals surface area contributed by atoms with Gasteiger partial charge in [0, 0.05) is 0 Å². The fraction of sp³-hybridized carbons (Fsp3) is 0.786. The van der Waals surface area contributed by atoms with Crippen LogP contribution in [-0.4, -0.2) is 25.2 Å². The van der Waals surface area contributed by atoms with Gasteiger partial charge in [0.05, 0.1) is 25.7 Å². The Morgan fingerprint density at radius 2 is 1.84 bits per heavy atom. The van der Waals surface area contributed by atoms with Crippen molar-refractivity contribution >= 4 is 11.9 Å². The van der Waals surface area contributed by atoms with E-state index in [9.17, 15) is 14.9 Å². The second-order valence-electron chi connectivity index (χ2n) is 4.42. The molecule has 108 valence electrons. The number of rotatable bonds is 9. The Morgan fingerprint density at radius 1 is 1.16 bits per heavy atom. The molecule has 0 aliphatic carbocycles. The molecule has 0 amide bonds. The van der Waals surface area contributed by atoms with Gasteiger partial charge < -0.3 is 9.47 Å². The zero-order valence-corrected chi connectivity index (χ0v) is 12.0. The second kappa shape index (κ2) is 9.37. The van der Waals surface area contributed by atoms with E-state index in [1.165, 1.54) is 0 Å². The number of esters is 2. The van der Waals surface area contributed by atoms with Gasteiger partial charge in [0.2, 0.25) is 0 Å². The van der Waals surface area contributed by atoms with Crippen LogP contribution in [0.25, 0.3) is 0 Å². The molecule has 0 rings (SSSR count). The predicted octanol–water partition coefficient (Wildman–Crippen LogP) is 2.59. The minimum absolute atomic E-state index is 0.233. The molecule has 0 aromatic carbocycles. The van der Waals surface area contributed by atoms with Crippen molar-refractivity contribution in [3.05, 3.63) is 0 Å². The van der Waals surface area contributed by atoms with Gasteiger partial charge in [0.1, 0.15) is 0 Å². The summed E-state index contributed by atoms with van der Waals surface area (Å²) in [6.45, 7) is 6.04. The molecule has 5 nitrogen and oxygen atoms in total. The Morgan fingerprint density at radius 3 is 2.32 bits per heavy atom. The molecule has 0 aliphatic heterocycles. The number of unbranched alkanes of at least 4 members (excludes halogenated alkanes) is 1. The molecule has 0 bridgehead atoms. The van der Waals surface area contributed by atoms with E-state index in [1.54, 1.807) is 6.92 Å². The lowest BCUT2D eigenvalue weighted by Gasteiger charge is -2.23. The predicted molar refractivity (Wildman–Crippen MR) is 70.1 cm³/mol. The normalized spacial score (nSPS) is 13.2. The smallest absolute Gasteiger partial charge is 0.327 e. The molecule has 5 heteroatoms. The summed E-state index contributed by atoms with van der Waals surface area (Å²) < 4.78 is 9.92. The monoisotopic (exact) mass is 269 g/mol. The van der Waals surface area contributed by atoms with Crippen molar-refractivity contribution in [2.75, 3.05) is 13.2 Å². The van der Waals surface area contributed by atoms with E-state index in [1.807, 2.05) is 19.9 Å². The van der Waals surface area contributed by atoms with Crippen molar-refractivity contribution in [1.82, 2.24) is 0 Å². The van der Waals surface area contributed by atoms with Gasteiger partial charge in [-0.2, -0.15) is 5.26 Å². The number of hydrogen-bond donors (Lipinski definition) is 0. The van der Waals surface area contributed by atoms with Crippen LogP contribution in [-0.2, 0) is 19.1 Å². The Hall–Kier alpha value is -1.57. The molecule has 0 aliphatic rings. The quantitative estimate of drug-likeness (QED) is 0.475. The lowest BCUT2D eigenvalue weighted by molar-refractivity contribution is -0.159. The maximum Gasteiger partial charge on any atom is 0.327 e. The van der Waals surface area contributed by atoms with Gasteiger partial charge in [0.25, 0.3) is 0 Å². The maximum atomic E-state index is 12.0. The maximum absolute atomic E-state index is 12.0. The summed E-state index contributed by atoms with van der Waals surface area (Å²) in [5.41, 5.74) is -1.41. The highest BCUT2D eigenvalue weighted by Crippen LogP contribution is 2.30. The Bertz CT molecular complexity index is 335. The first-order valence-electron chi connectivity index (χ1n) is 6.80. The third-order valence-corrected chi connectivity index (χ3v) is 2.76. The van der Waals surface area contributed by atoms with E-state index in [0.717, 1.165) is 12.8 Å². The highest BCUT2D eigenvalue weighted by molar-refractivity contribution is 5.86. The van der Waals surface area contributed by atoms with Crippen molar-refractivity contribution in [3.8, 4) is 6.07 Å². The first-order chi connectivity index (χ1) is 9.06. The van der Waals surface area contributed by atoms with E-state index in [-0.39, 0.29) is 19.6 Å². The summed E-state index contributed by atoms with van der Waals surface area (Å²) in [6.07, 6.45) is 2.33. The van der Waals surface area contributed by atoms with Gasteiger partial charge in [-0.05, 0) is 19.8 Å². The molecule has 0 aromatic heterocycles. The third kappa shape index (κ3) is 5.73. The standard InChI is InChI=1S/C14H23NO4/c1-4-7-9-19-13(17)14(11-15,8-5-2)10-12(16)18-6-3/h4-10H2,1-3H3. The van der Waals surface area contributed by atoms with Crippen LogP contribution in [0.5, 0.6) is 0 Å². The highest BCUT2D eigenvalue weighted by atomic mass is 16.5. The topological polar surface area (TPSA) is 76.4 Å². The number of ether oxygens (including phenoxy) is 2. The average Bonchev–Trinajstić information content (AvgIpc) is 2.38. The number of carbonyl (C=O) groups excluding carboxylic acids is 2. The van der Waals surface area contributed by atoms with Gasteiger partial charge >= 0.3 is 11.9 Å². The van der Waals surface area contributed by atoms with Crippen LogP contribution in [0.3, 0.4) is 0 Å². The van der Waals surface area contributed by atoms with Crippen LogP contribution in [0.15, 0.2) is 0 Å². The average molecular weight is 269 g/mol. The molecule has 0 heterocycles. The van der Waals surface area contributed by atoms with E-state index in [4.69, 9.17) is 9.47 Å². The molecule has 0 aromatic rings. The van der Waals surface area contributed by atoms with Crippen molar-refractivity contribution in [3.63, 3.8) is 0 Å². The molecule has 0 saturated carbocycles. The third-order valence-electron chi connectivity index (χ3n) is 2.76. The van der Waals surface area contributed by atoms with Crippen molar-refractivity contribution in [2.24, 2.45) is 5.41 Å². The fourth-order valence-electron chi connectivity index (χ4n) is 1.74. The van der Waals surface area contributed by atoms with Gasteiger partial charge in [-0.15, -0.1) is 0 Å². The summed E-state index contributed by atoms with van der Waals surface area (Å²) in [7, 11) is 0. The lowest BCUT2D eigenvalue weighted by atomic mass is 9.81. The van der Waals surface area contributed by atoms with Crippen LogP contribution in [0, 0.1) is 16.7 Å². The molecule has 0 fully saturated rings. The molecule has 0 N–H and O–H groups in total. The largest absolute Gasteiger partial charge is 0.466 e. The van der Waals surface area contributed by atoms with E-state index in [0.29, 0.717) is 12.8 Å². The first-order valence-corrected chi connectivity index (χ1v) is 6.80. The van der Waals surface area contributed by atoms with Gasteiger partial charge in [0.15, 0.2) is 5.41 Å². The van der Waals surface area contributed by atoms with Crippen LogP contribution >= 0.6 is 0 Å². The van der Waals surface area contributed by atoms with Crippen molar-refractivity contribution in [1.29, 1.82) is 5.26 Å². The molecular formula is C14H23NO4. The summed E-state index contributed by atoms with van der Waals surface area (Å²) in [4.78, 5) is 23.6. The summed E-state index contributed by atoms with van der Waals surface area (Å²) in [6, 6.07) is 1.96. The number of carbonyl (C=O) groups is 2. The zero-order valence-electron chi connectivity index (χ0n) is 12.0. The van der Waals surface area contributed by atoms with Gasteiger partial charge in [-0.1, -0.05) is 26.7 Å². The highest BCUT2D eigenvalue weighted by Gasteiger charge is 2.42. The van der Waals surface area contributed by atoms with Gasteiger partial charge in [-0.3, -0.25) is 9.59 Å². The molecule has 0 spiro atoms. The first kappa shape index (κ1) is 17.4. The molecule has 1 atom stereocenters. The Balaban J connectivity index is 4.79. The molecular weight excluding hydrogens is 246 g/mol. The van der Waals surface area contributed by atoms with Gasteiger partial charge in [-0.25, -0.2) is 0 Å². The lowest BCUT2D eigenvalue weighted by Crippen LogP contribution is -2.35. The van der Waals surface area contributed by atoms with E-state index >= 15 is 0 Å². The SMILES string of the molecule is CCCCOC(=O)C(C#N)(CCC)CC(=O)OCC. The van der Waals surface area contributed by atoms with E-state index < -0.39 is 17.4 Å².